The zero-order valence-corrected chi connectivity index (χ0v) is 19.6. The van der Waals surface area contributed by atoms with E-state index in [2.05, 4.69) is 20.2 Å². The largest absolute Gasteiger partial charge is 0.492 e. The van der Waals surface area contributed by atoms with Crippen molar-refractivity contribution in [2.24, 2.45) is 0 Å². The third-order valence-electron chi connectivity index (χ3n) is 3.91. The van der Waals surface area contributed by atoms with Gasteiger partial charge in [-0.1, -0.05) is 52.2 Å². The number of sulfonamides is 1. The van der Waals surface area contributed by atoms with Crippen LogP contribution in [0.4, 0.5) is 5.13 Å². The molecule has 0 spiro atoms. The lowest BCUT2D eigenvalue weighted by atomic mass is 10.2. The second kappa shape index (κ2) is 9.92. The van der Waals surface area contributed by atoms with Gasteiger partial charge in [0.2, 0.25) is 9.47 Å². The summed E-state index contributed by atoms with van der Waals surface area (Å²) in [7, 11) is -3.94. The summed E-state index contributed by atoms with van der Waals surface area (Å²) in [4.78, 5) is 12.3. The van der Waals surface area contributed by atoms with Crippen molar-refractivity contribution in [1.82, 2.24) is 14.9 Å². The number of amides is 1. The Hall–Kier alpha value is -2.24. The third kappa shape index (κ3) is 6.37. The molecule has 0 aliphatic rings. The summed E-state index contributed by atoms with van der Waals surface area (Å²) < 4.78 is 32.9. The number of nitrogens with one attached hydrogen (secondary N) is 2. The number of halogens is 2. The van der Waals surface area contributed by atoms with Gasteiger partial charge in [-0.3, -0.25) is 10.1 Å². The van der Waals surface area contributed by atoms with Crippen molar-refractivity contribution in [3.8, 4) is 5.75 Å². The van der Waals surface area contributed by atoms with Crippen LogP contribution in [-0.2, 0) is 10.0 Å². The zero-order valence-electron chi connectivity index (χ0n) is 16.4. The van der Waals surface area contributed by atoms with Crippen LogP contribution in [0.5, 0.6) is 5.75 Å². The van der Waals surface area contributed by atoms with Gasteiger partial charge in [0.25, 0.3) is 15.9 Å². The molecule has 0 radical (unpaired) electrons. The quantitative estimate of drug-likeness (QED) is 0.449. The minimum absolute atomic E-state index is 0.0138. The van der Waals surface area contributed by atoms with Gasteiger partial charge in [0.15, 0.2) is 0 Å². The lowest BCUT2D eigenvalue weighted by Crippen LogP contribution is -2.36. The van der Waals surface area contributed by atoms with E-state index in [1.54, 1.807) is 6.92 Å². The number of hydrogen-bond acceptors (Lipinski definition) is 7. The molecule has 1 amide bonds. The Balaban J connectivity index is 1.60. The number of hydrogen-bond donors (Lipinski definition) is 2. The normalized spacial score (nSPS) is 12.4. The molecular formula is C19H18Cl2N4O4S2. The van der Waals surface area contributed by atoms with Gasteiger partial charge in [0.05, 0.1) is 16.6 Å². The lowest BCUT2D eigenvalue weighted by molar-refractivity contribution is 0.102. The van der Waals surface area contributed by atoms with E-state index in [-0.39, 0.29) is 26.7 Å². The first kappa shape index (κ1) is 23.4. The molecule has 164 valence electrons. The Kier molecular flexibility index (Phi) is 7.50. The van der Waals surface area contributed by atoms with E-state index < -0.39 is 22.0 Å². The van der Waals surface area contributed by atoms with E-state index in [9.17, 15) is 13.2 Å². The van der Waals surface area contributed by atoms with Gasteiger partial charge in [-0.05, 0) is 44.2 Å². The van der Waals surface area contributed by atoms with E-state index in [1.165, 1.54) is 18.2 Å². The van der Waals surface area contributed by atoms with Gasteiger partial charge < -0.3 is 4.74 Å². The molecule has 1 heterocycles. The van der Waals surface area contributed by atoms with Gasteiger partial charge in [-0.15, -0.1) is 10.2 Å². The summed E-state index contributed by atoms with van der Waals surface area (Å²) in [6.07, 6.45) is 0. The molecule has 0 saturated carbocycles. The SMILES string of the molecule is Cc1ccc(OCC(C)NS(=O)(=O)c2nnc(NC(=O)c3ccc(Cl)cc3Cl)s2)cc1. The fourth-order valence-electron chi connectivity index (χ4n) is 2.41. The predicted octanol–water partition coefficient (Wildman–Crippen LogP) is 4.15. The number of aryl methyl sites for hydroxylation is 1. The van der Waals surface area contributed by atoms with Gasteiger partial charge >= 0.3 is 0 Å². The topological polar surface area (TPSA) is 110 Å². The Morgan fingerprint density at radius 3 is 2.55 bits per heavy atom. The average Bonchev–Trinajstić information content (AvgIpc) is 3.16. The molecule has 0 aliphatic carbocycles. The standard InChI is InChI=1S/C19H18Cl2N4O4S2/c1-11-3-6-14(7-4-11)29-10-12(2)25-31(27,28)19-24-23-18(30-19)22-17(26)15-8-5-13(20)9-16(15)21/h3-9,12,25H,10H2,1-2H3,(H,22,23,26). The number of carbonyl (C=O) groups is 1. The molecule has 3 aromatic rings. The van der Waals surface area contributed by atoms with Crippen LogP contribution in [0.25, 0.3) is 0 Å². The van der Waals surface area contributed by atoms with Crippen molar-refractivity contribution >= 4 is 55.6 Å². The van der Waals surface area contributed by atoms with E-state index >= 15 is 0 Å². The number of nitrogens with zero attached hydrogens (tertiary/aromatic N) is 2. The van der Waals surface area contributed by atoms with Crippen LogP contribution in [0, 0.1) is 6.92 Å². The minimum atomic E-state index is -3.94. The van der Waals surface area contributed by atoms with Crippen LogP contribution in [0.2, 0.25) is 10.0 Å². The Morgan fingerprint density at radius 2 is 1.87 bits per heavy atom. The van der Waals surface area contributed by atoms with E-state index in [0.29, 0.717) is 22.1 Å². The Morgan fingerprint density at radius 1 is 1.16 bits per heavy atom. The van der Waals surface area contributed by atoms with E-state index in [1.807, 2.05) is 31.2 Å². The second-order valence-electron chi connectivity index (χ2n) is 6.60. The molecule has 3 rings (SSSR count). The highest BCUT2D eigenvalue weighted by molar-refractivity contribution is 7.91. The molecule has 1 unspecified atom stereocenters. The molecule has 12 heteroatoms. The summed E-state index contributed by atoms with van der Waals surface area (Å²) in [5.74, 6) is 0.0769. The maximum absolute atomic E-state index is 12.6. The Bertz CT molecular complexity index is 1180. The molecule has 8 nitrogen and oxygen atoms in total. The molecule has 0 fully saturated rings. The number of carbonyl (C=O) groups excluding carboxylic acids is 1. The van der Waals surface area contributed by atoms with Gasteiger partial charge in [-0.2, -0.15) is 0 Å². The minimum Gasteiger partial charge on any atom is -0.492 e. The summed E-state index contributed by atoms with van der Waals surface area (Å²) in [5, 5.41) is 10.4. The van der Waals surface area contributed by atoms with Crippen molar-refractivity contribution in [1.29, 1.82) is 0 Å². The summed E-state index contributed by atoms with van der Waals surface area (Å²) in [6.45, 7) is 3.75. The monoisotopic (exact) mass is 500 g/mol. The summed E-state index contributed by atoms with van der Waals surface area (Å²) in [5.41, 5.74) is 1.27. The predicted molar refractivity (Wildman–Crippen MR) is 121 cm³/mol. The van der Waals surface area contributed by atoms with Crippen molar-refractivity contribution in [2.75, 3.05) is 11.9 Å². The highest BCUT2D eigenvalue weighted by atomic mass is 35.5. The highest BCUT2D eigenvalue weighted by Gasteiger charge is 2.24. The number of anilines is 1. The summed E-state index contributed by atoms with van der Waals surface area (Å²) >= 11 is 12.5. The first-order chi connectivity index (χ1) is 14.6. The van der Waals surface area contributed by atoms with E-state index in [4.69, 9.17) is 27.9 Å². The number of rotatable bonds is 8. The molecule has 0 bridgehead atoms. The fraction of sp³-hybridized carbons (Fsp3) is 0.211. The highest BCUT2D eigenvalue weighted by Crippen LogP contribution is 2.24. The molecule has 31 heavy (non-hydrogen) atoms. The fourth-order valence-corrected chi connectivity index (χ4v) is 5.05. The second-order valence-corrected chi connectivity index (χ2v) is 10.3. The van der Waals surface area contributed by atoms with Crippen LogP contribution in [-0.4, -0.2) is 37.2 Å². The smallest absolute Gasteiger partial charge is 0.270 e. The van der Waals surface area contributed by atoms with Crippen LogP contribution in [0.1, 0.15) is 22.8 Å². The third-order valence-corrected chi connectivity index (χ3v) is 7.25. The maximum Gasteiger partial charge on any atom is 0.270 e. The lowest BCUT2D eigenvalue weighted by Gasteiger charge is -2.14. The molecule has 1 atom stereocenters. The zero-order chi connectivity index (χ0) is 22.6. The first-order valence-electron chi connectivity index (χ1n) is 8.96. The van der Waals surface area contributed by atoms with Crippen LogP contribution >= 0.6 is 34.5 Å². The number of benzene rings is 2. The first-order valence-corrected chi connectivity index (χ1v) is 12.0. The van der Waals surface area contributed by atoms with Crippen molar-refractivity contribution in [3.05, 3.63) is 63.6 Å². The molecule has 0 saturated heterocycles. The maximum atomic E-state index is 12.6. The molecule has 2 aromatic carbocycles. The number of aromatic nitrogens is 2. The van der Waals surface area contributed by atoms with Crippen LogP contribution in [0.3, 0.4) is 0 Å². The van der Waals surface area contributed by atoms with Crippen LogP contribution in [0.15, 0.2) is 46.8 Å². The van der Waals surface area contributed by atoms with Crippen molar-refractivity contribution in [2.45, 2.75) is 24.2 Å². The molecule has 1 aromatic heterocycles. The van der Waals surface area contributed by atoms with Crippen LogP contribution < -0.4 is 14.8 Å². The van der Waals surface area contributed by atoms with Crippen molar-refractivity contribution < 1.29 is 17.9 Å². The summed E-state index contributed by atoms with van der Waals surface area (Å²) in [6, 6.07) is 11.3. The number of ether oxygens (including phenoxy) is 1. The van der Waals surface area contributed by atoms with Crippen molar-refractivity contribution in [3.63, 3.8) is 0 Å². The average molecular weight is 501 g/mol. The van der Waals surface area contributed by atoms with Gasteiger partial charge in [0, 0.05) is 5.02 Å². The molecule has 2 N–H and O–H groups in total. The molecule has 0 aliphatic heterocycles. The Labute approximate surface area is 193 Å². The molecular weight excluding hydrogens is 483 g/mol. The van der Waals surface area contributed by atoms with Gasteiger partial charge in [0.1, 0.15) is 12.4 Å². The van der Waals surface area contributed by atoms with E-state index in [0.717, 1.165) is 5.56 Å². The van der Waals surface area contributed by atoms with Gasteiger partial charge in [-0.25, -0.2) is 13.1 Å².